The highest BCUT2D eigenvalue weighted by atomic mass is 32.1. The van der Waals surface area contributed by atoms with E-state index >= 15 is 0 Å². The molecule has 3 rings (SSSR count). The average Bonchev–Trinajstić information content (AvgIpc) is 3.08. The Kier molecular flexibility index (Phi) is 3.65. The zero-order valence-electron chi connectivity index (χ0n) is 11.4. The van der Waals surface area contributed by atoms with Crippen molar-refractivity contribution in [1.82, 2.24) is 9.55 Å². The molecule has 0 aliphatic heterocycles. The van der Waals surface area contributed by atoms with Crippen LogP contribution in [0.4, 0.5) is 0 Å². The molecule has 0 aliphatic rings. The molecule has 0 bridgehead atoms. The molecule has 0 N–H and O–H groups in total. The molecule has 3 aromatic rings. The van der Waals surface area contributed by atoms with Gasteiger partial charge in [-0.1, -0.05) is 25.1 Å². The summed E-state index contributed by atoms with van der Waals surface area (Å²) < 4.78 is 2.06. The van der Waals surface area contributed by atoms with E-state index in [0.29, 0.717) is 6.54 Å². The number of rotatable bonds is 5. The summed E-state index contributed by atoms with van der Waals surface area (Å²) in [7, 11) is 0. The van der Waals surface area contributed by atoms with E-state index in [4.69, 9.17) is 0 Å². The number of para-hydroxylation sites is 2. The maximum Gasteiger partial charge on any atom is 0.192 e. The Hall–Kier alpha value is -1.94. The predicted octanol–water partition coefficient (Wildman–Crippen LogP) is 3.93. The number of Topliss-reactive ketones (excluding diaryl/α,β-unsaturated/α-hetero) is 1. The lowest BCUT2D eigenvalue weighted by molar-refractivity contribution is 0.0976. The number of benzene rings is 1. The van der Waals surface area contributed by atoms with Crippen molar-refractivity contribution >= 4 is 28.2 Å². The number of hydrogen-bond acceptors (Lipinski definition) is 3. The molecule has 102 valence electrons. The molecule has 2 aromatic heterocycles. The van der Waals surface area contributed by atoms with Crippen LogP contribution in [0.15, 0.2) is 41.8 Å². The van der Waals surface area contributed by atoms with Crippen LogP contribution >= 0.6 is 11.3 Å². The number of imidazole rings is 1. The smallest absolute Gasteiger partial charge is 0.192 e. The van der Waals surface area contributed by atoms with Crippen LogP contribution in [0, 0.1) is 0 Å². The third-order valence-electron chi connectivity index (χ3n) is 3.30. The van der Waals surface area contributed by atoms with Crippen LogP contribution < -0.4 is 0 Å². The standard InChI is InChI=1S/C16H16N2OS/c1-2-6-16-17-12-7-3-4-8-13(12)18(16)11-14(19)15-9-5-10-20-15/h3-5,7-10H,2,6,11H2,1H3. The van der Waals surface area contributed by atoms with Crippen LogP contribution in [0.3, 0.4) is 0 Å². The van der Waals surface area contributed by atoms with Gasteiger partial charge in [0.1, 0.15) is 5.82 Å². The second kappa shape index (κ2) is 5.59. The van der Waals surface area contributed by atoms with Gasteiger partial charge in [0.25, 0.3) is 0 Å². The van der Waals surface area contributed by atoms with Gasteiger partial charge in [-0.15, -0.1) is 11.3 Å². The molecule has 3 nitrogen and oxygen atoms in total. The maximum absolute atomic E-state index is 12.3. The number of carbonyl (C=O) groups is 1. The number of hydrogen-bond donors (Lipinski definition) is 0. The van der Waals surface area contributed by atoms with Crippen molar-refractivity contribution in [1.29, 1.82) is 0 Å². The number of thiophene rings is 1. The Balaban J connectivity index is 2.00. The van der Waals surface area contributed by atoms with Crippen molar-refractivity contribution in [2.45, 2.75) is 26.3 Å². The fourth-order valence-corrected chi connectivity index (χ4v) is 3.03. The Bertz CT molecular complexity index is 728. The molecule has 1 aromatic carbocycles. The van der Waals surface area contributed by atoms with Gasteiger partial charge in [-0.2, -0.15) is 0 Å². The molecule has 0 atom stereocenters. The minimum absolute atomic E-state index is 0.153. The fourth-order valence-electron chi connectivity index (χ4n) is 2.38. The predicted molar refractivity (Wildman–Crippen MR) is 82.4 cm³/mol. The molecule has 0 aliphatic carbocycles. The normalized spacial score (nSPS) is 11.1. The number of aromatic nitrogens is 2. The zero-order chi connectivity index (χ0) is 13.9. The van der Waals surface area contributed by atoms with Crippen LogP contribution in [0.1, 0.15) is 28.8 Å². The van der Waals surface area contributed by atoms with E-state index in [0.717, 1.165) is 34.6 Å². The summed E-state index contributed by atoms with van der Waals surface area (Å²) in [4.78, 5) is 17.8. The minimum Gasteiger partial charge on any atom is -0.320 e. The van der Waals surface area contributed by atoms with Crippen molar-refractivity contribution < 1.29 is 4.79 Å². The van der Waals surface area contributed by atoms with E-state index in [1.54, 1.807) is 0 Å². The van der Waals surface area contributed by atoms with Crippen molar-refractivity contribution in [3.8, 4) is 0 Å². The van der Waals surface area contributed by atoms with Gasteiger partial charge in [0.05, 0.1) is 22.5 Å². The lowest BCUT2D eigenvalue weighted by Gasteiger charge is -2.07. The van der Waals surface area contributed by atoms with Crippen LogP contribution in [-0.4, -0.2) is 15.3 Å². The fraction of sp³-hybridized carbons (Fsp3) is 0.250. The lowest BCUT2D eigenvalue weighted by Crippen LogP contribution is -2.12. The summed E-state index contributed by atoms with van der Waals surface area (Å²) in [5.41, 5.74) is 2.01. The van der Waals surface area contributed by atoms with Crippen LogP contribution in [0.2, 0.25) is 0 Å². The monoisotopic (exact) mass is 284 g/mol. The number of nitrogens with zero attached hydrogens (tertiary/aromatic N) is 2. The first-order valence-corrected chi connectivity index (χ1v) is 7.68. The SMILES string of the molecule is CCCc1nc2ccccc2n1CC(=O)c1cccs1. The molecule has 0 saturated heterocycles. The Morgan fingerprint density at radius 1 is 1.25 bits per heavy atom. The topological polar surface area (TPSA) is 34.9 Å². The highest BCUT2D eigenvalue weighted by Gasteiger charge is 2.14. The number of ketones is 1. The Labute approximate surface area is 121 Å². The van der Waals surface area contributed by atoms with Gasteiger partial charge in [0.2, 0.25) is 0 Å². The second-order valence-corrected chi connectivity index (χ2v) is 5.70. The molecule has 0 saturated carbocycles. The van der Waals surface area contributed by atoms with E-state index in [1.165, 1.54) is 11.3 Å². The van der Waals surface area contributed by atoms with Crippen LogP contribution in [-0.2, 0) is 13.0 Å². The van der Waals surface area contributed by atoms with Crippen molar-refractivity contribution in [2.24, 2.45) is 0 Å². The molecule has 0 radical (unpaired) electrons. The van der Waals surface area contributed by atoms with Gasteiger partial charge in [0.15, 0.2) is 5.78 Å². The molecule has 4 heteroatoms. The summed E-state index contributed by atoms with van der Waals surface area (Å²) in [6.45, 7) is 2.50. The molecular weight excluding hydrogens is 268 g/mol. The van der Waals surface area contributed by atoms with E-state index in [1.807, 2.05) is 41.8 Å². The number of aryl methyl sites for hydroxylation is 1. The highest BCUT2D eigenvalue weighted by Crippen LogP contribution is 2.19. The summed E-state index contributed by atoms with van der Waals surface area (Å²) in [6, 6.07) is 11.8. The maximum atomic E-state index is 12.3. The first-order valence-electron chi connectivity index (χ1n) is 6.80. The van der Waals surface area contributed by atoms with E-state index < -0.39 is 0 Å². The number of fused-ring (bicyclic) bond motifs is 1. The van der Waals surface area contributed by atoms with E-state index in [2.05, 4.69) is 16.5 Å². The number of carbonyl (C=O) groups excluding carboxylic acids is 1. The van der Waals surface area contributed by atoms with Gasteiger partial charge in [-0.05, 0) is 30.0 Å². The lowest BCUT2D eigenvalue weighted by atomic mass is 10.2. The van der Waals surface area contributed by atoms with Crippen molar-refractivity contribution in [3.05, 3.63) is 52.5 Å². The average molecular weight is 284 g/mol. The first-order chi connectivity index (χ1) is 9.79. The summed E-state index contributed by atoms with van der Waals surface area (Å²) in [6.07, 6.45) is 1.92. The van der Waals surface area contributed by atoms with Gasteiger partial charge >= 0.3 is 0 Å². The molecule has 0 spiro atoms. The van der Waals surface area contributed by atoms with Crippen molar-refractivity contribution in [2.75, 3.05) is 0 Å². The second-order valence-electron chi connectivity index (χ2n) is 4.75. The van der Waals surface area contributed by atoms with Gasteiger partial charge in [0, 0.05) is 6.42 Å². The summed E-state index contributed by atoms with van der Waals surface area (Å²) in [5, 5.41) is 1.94. The molecule has 0 unspecified atom stereocenters. The Morgan fingerprint density at radius 3 is 2.85 bits per heavy atom. The van der Waals surface area contributed by atoms with Crippen LogP contribution in [0.5, 0.6) is 0 Å². The molecular formula is C16H16N2OS. The minimum atomic E-state index is 0.153. The third-order valence-corrected chi connectivity index (χ3v) is 4.22. The van der Waals surface area contributed by atoms with Gasteiger partial charge in [-0.3, -0.25) is 4.79 Å². The van der Waals surface area contributed by atoms with Crippen LogP contribution in [0.25, 0.3) is 11.0 Å². The Morgan fingerprint density at radius 2 is 2.10 bits per heavy atom. The quantitative estimate of drug-likeness (QED) is 0.665. The largest absolute Gasteiger partial charge is 0.320 e. The van der Waals surface area contributed by atoms with E-state index in [-0.39, 0.29) is 5.78 Å². The zero-order valence-corrected chi connectivity index (χ0v) is 12.2. The highest BCUT2D eigenvalue weighted by molar-refractivity contribution is 7.12. The molecule has 0 amide bonds. The molecule has 0 fully saturated rings. The third kappa shape index (κ3) is 2.39. The van der Waals surface area contributed by atoms with Gasteiger partial charge in [-0.25, -0.2) is 4.98 Å². The molecule has 20 heavy (non-hydrogen) atoms. The summed E-state index contributed by atoms with van der Waals surface area (Å²) >= 11 is 1.49. The first kappa shape index (κ1) is 13.1. The van der Waals surface area contributed by atoms with Crippen molar-refractivity contribution in [3.63, 3.8) is 0 Å². The van der Waals surface area contributed by atoms with Gasteiger partial charge < -0.3 is 4.57 Å². The summed E-state index contributed by atoms with van der Waals surface area (Å²) in [5.74, 6) is 1.15. The molecule has 2 heterocycles. The van der Waals surface area contributed by atoms with E-state index in [9.17, 15) is 4.79 Å².